The molecule has 0 saturated carbocycles. The molecule has 0 spiro atoms. The summed E-state index contributed by atoms with van der Waals surface area (Å²) in [6.45, 7) is 0.342. The number of hydrogen-bond donors (Lipinski definition) is 2. The van der Waals surface area contributed by atoms with Crippen molar-refractivity contribution in [3.05, 3.63) is 106 Å². The fraction of sp³-hybridized carbons (Fsp3) is 0.192. The maximum absolute atomic E-state index is 13.3. The van der Waals surface area contributed by atoms with Crippen LogP contribution in [0.3, 0.4) is 0 Å². The molecule has 170 valence electrons. The Hall–Kier alpha value is -3.64. The molecular formula is C26H26ClN3O3. The number of halogens is 1. The highest BCUT2D eigenvalue weighted by Crippen LogP contribution is 2.13. The number of carbonyl (C=O) groups excluding carboxylic acids is 3. The molecule has 0 fully saturated rings. The van der Waals surface area contributed by atoms with Crippen LogP contribution in [0.2, 0.25) is 5.02 Å². The fourth-order valence-corrected chi connectivity index (χ4v) is 3.54. The maximum Gasteiger partial charge on any atom is 0.251 e. The van der Waals surface area contributed by atoms with Crippen molar-refractivity contribution in [1.29, 1.82) is 0 Å². The zero-order chi connectivity index (χ0) is 23.8. The van der Waals surface area contributed by atoms with Crippen LogP contribution in [0.4, 0.5) is 0 Å². The van der Waals surface area contributed by atoms with E-state index in [0.717, 1.165) is 11.1 Å². The molecule has 1 unspecified atom stereocenters. The zero-order valence-corrected chi connectivity index (χ0v) is 19.3. The minimum absolute atomic E-state index is 0.168. The highest BCUT2D eigenvalue weighted by molar-refractivity contribution is 6.30. The van der Waals surface area contributed by atoms with Gasteiger partial charge in [0, 0.05) is 43.2 Å². The largest absolute Gasteiger partial charge is 0.355 e. The van der Waals surface area contributed by atoms with E-state index >= 15 is 0 Å². The standard InChI is InChI=1S/C26H26ClN3O3/c1-28-24(31)20-10-8-19(9-11-20)17-30(2)26(33)23(16-18-6-4-3-5-7-18)29-25(32)21-12-14-22(27)15-13-21/h3-15,23H,16-17H2,1-2H3,(H,28,31)(H,29,32). The van der Waals surface area contributed by atoms with Gasteiger partial charge in [-0.15, -0.1) is 0 Å². The second-order valence-corrected chi connectivity index (χ2v) is 8.13. The predicted octanol–water partition coefficient (Wildman–Crippen LogP) is 3.70. The van der Waals surface area contributed by atoms with Gasteiger partial charge in [-0.05, 0) is 47.5 Å². The van der Waals surface area contributed by atoms with E-state index in [1.807, 2.05) is 42.5 Å². The van der Waals surface area contributed by atoms with Gasteiger partial charge >= 0.3 is 0 Å². The Labute approximate surface area is 198 Å². The topological polar surface area (TPSA) is 78.5 Å². The first-order chi connectivity index (χ1) is 15.9. The molecule has 0 aromatic heterocycles. The van der Waals surface area contributed by atoms with Gasteiger partial charge in [0.1, 0.15) is 6.04 Å². The lowest BCUT2D eigenvalue weighted by atomic mass is 10.0. The summed E-state index contributed by atoms with van der Waals surface area (Å²) in [5.41, 5.74) is 2.79. The molecule has 0 aliphatic carbocycles. The number of nitrogens with zero attached hydrogens (tertiary/aromatic N) is 1. The summed E-state index contributed by atoms with van der Waals surface area (Å²) < 4.78 is 0. The first kappa shape index (κ1) is 24.0. The molecule has 33 heavy (non-hydrogen) atoms. The third-order valence-electron chi connectivity index (χ3n) is 5.23. The molecule has 0 bridgehead atoms. The summed E-state index contributed by atoms with van der Waals surface area (Å²) >= 11 is 5.92. The molecule has 1 atom stereocenters. The maximum atomic E-state index is 13.3. The van der Waals surface area contributed by atoms with Gasteiger partial charge in [-0.3, -0.25) is 14.4 Å². The summed E-state index contributed by atoms with van der Waals surface area (Å²) in [4.78, 5) is 39.4. The molecule has 3 aromatic rings. The third kappa shape index (κ3) is 6.67. The van der Waals surface area contributed by atoms with Crippen LogP contribution in [0.5, 0.6) is 0 Å². The molecule has 0 aliphatic rings. The number of nitrogens with one attached hydrogen (secondary N) is 2. The van der Waals surface area contributed by atoms with Gasteiger partial charge in [0.05, 0.1) is 0 Å². The van der Waals surface area contributed by atoms with Gasteiger partial charge in [-0.1, -0.05) is 54.1 Å². The third-order valence-corrected chi connectivity index (χ3v) is 5.48. The summed E-state index contributed by atoms with van der Waals surface area (Å²) in [7, 11) is 3.27. The van der Waals surface area contributed by atoms with E-state index in [1.54, 1.807) is 55.4 Å². The molecule has 2 N–H and O–H groups in total. The first-order valence-electron chi connectivity index (χ1n) is 10.5. The molecule has 3 rings (SSSR count). The number of likely N-dealkylation sites (N-methyl/N-ethyl adjacent to an activating group) is 1. The van der Waals surface area contributed by atoms with Gasteiger partial charge in [-0.2, -0.15) is 0 Å². The summed E-state index contributed by atoms with van der Waals surface area (Å²) in [5.74, 6) is -0.723. The Morgan fingerprint density at radius 2 is 1.39 bits per heavy atom. The summed E-state index contributed by atoms with van der Waals surface area (Å²) in [6, 6.07) is 22.4. The zero-order valence-electron chi connectivity index (χ0n) is 18.5. The molecule has 0 heterocycles. The lowest BCUT2D eigenvalue weighted by Gasteiger charge is -2.25. The van der Waals surface area contributed by atoms with Gasteiger partial charge in [0.25, 0.3) is 11.8 Å². The Balaban J connectivity index is 1.75. The smallest absolute Gasteiger partial charge is 0.251 e. The van der Waals surface area contributed by atoms with E-state index in [1.165, 1.54) is 0 Å². The van der Waals surface area contributed by atoms with Crippen LogP contribution in [0, 0.1) is 0 Å². The Kier molecular flexibility index (Phi) is 8.22. The Morgan fingerprint density at radius 1 is 0.818 bits per heavy atom. The number of hydrogen-bond acceptors (Lipinski definition) is 3. The number of rotatable bonds is 8. The molecular weight excluding hydrogens is 438 g/mol. The molecule has 0 aliphatic heterocycles. The summed E-state index contributed by atoms with van der Waals surface area (Å²) in [5, 5.41) is 5.99. The van der Waals surface area contributed by atoms with Gasteiger partial charge < -0.3 is 15.5 Å². The van der Waals surface area contributed by atoms with Crippen LogP contribution in [-0.2, 0) is 17.8 Å². The number of carbonyl (C=O) groups is 3. The monoisotopic (exact) mass is 463 g/mol. The molecule has 6 nitrogen and oxygen atoms in total. The second kappa shape index (κ2) is 11.3. The van der Waals surface area contributed by atoms with Crippen molar-refractivity contribution in [2.75, 3.05) is 14.1 Å². The fourth-order valence-electron chi connectivity index (χ4n) is 3.42. The van der Waals surface area contributed by atoms with Crippen molar-refractivity contribution in [3.63, 3.8) is 0 Å². The van der Waals surface area contributed by atoms with E-state index in [9.17, 15) is 14.4 Å². The van der Waals surface area contributed by atoms with Crippen LogP contribution in [0.15, 0.2) is 78.9 Å². The Bertz CT molecular complexity index is 1100. The Morgan fingerprint density at radius 3 is 2.00 bits per heavy atom. The van der Waals surface area contributed by atoms with E-state index in [-0.39, 0.29) is 17.7 Å². The predicted molar refractivity (Wildman–Crippen MR) is 129 cm³/mol. The van der Waals surface area contributed by atoms with Crippen LogP contribution in [0.1, 0.15) is 31.8 Å². The van der Waals surface area contributed by atoms with E-state index < -0.39 is 6.04 Å². The first-order valence-corrected chi connectivity index (χ1v) is 10.9. The van der Waals surface area contributed by atoms with E-state index in [2.05, 4.69) is 10.6 Å². The van der Waals surface area contributed by atoms with Crippen molar-refractivity contribution in [2.45, 2.75) is 19.0 Å². The second-order valence-electron chi connectivity index (χ2n) is 7.69. The molecule has 3 amide bonds. The van der Waals surface area contributed by atoms with Crippen LogP contribution in [-0.4, -0.2) is 42.8 Å². The van der Waals surface area contributed by atoms with Crippen molar-refractivity contribution < 1.29 is 14.4 Å². The normalized spacial score (nSPS) is 11.4. The lowest BCUT2D eigenvalue weighted by Crippen LogP contribution is -2.48. The van der Waals surface area contributed by atoms with Crippen molar-refractivity contribution in [2.24, 2.45) is 0 Å². The average Bonchev–Trinajstić information content (AvgIpc) is 2.84. The number of benzene rings is 3. The van der Waals surface area contributed by atoms with Crippen LogP contribution < -0.4 is 10.6 Å². The minimum atomic E-state index is -0.745. The summed E-state index contributed by atoms with van der Waals surface area (Å²) in [6.07, 6.45) is 0.360. The van der Waals surface area contributed by atoms with E-state index in [4.69, 9.17) is 11.6 Å². The van der Waals surface area contributed by atoms with Crippen molar-refractivity contribution >= 4 is 29.3 Å². The minimum Gasteiger partial charge on any atom is -0.355 e. The lowest BCUT2D eigenvalue weighted by molar-refractivity contribution is -0.132. The highest BCUT2D eigenvalue weighted by atomic mass is 35.5. The SMILES string of the molecule is CNC(=O)c1ccc(CN(C)C(=O)C(Cc2ccccc2)NC(=O)c2ccc(Cl)cc2)cc1. The van der Waals surface area contributed by atoms with Crippen LogP contribution in [0.25, 0.3) is 0 Å². The van der Waals surface area contributed by atoms with Crippen molar-refractivity contribution in [3.8, 4) is 0 Å². The molecule has 7 heteroatoms. The molecule has 0 radical (unpaired) electrons. The van der Waals surface area contributed by atoms with Crippen LogP contribution >= 0.6 is 11.6 Å². The van der Waals surface area contributed by atoms with Gasteiger partial charge in [-0.25, -0.2) is 0 Å². The molecule has 3 aromatic carbocycles. The van der Waals surface area contributed by atoms with Crippen molar-refractivity contribution in [1.82, 2.24) is 15.5 Å². The quantitative estimate of drug-likeness (QED) is 0.534. The van der Waals surface area contributed by atoms with E-state index in [0.29, 0.717) is 29.1 Å². The van der Waals surface area contributed by atoms with Gasteiger partial charge in [0.2, 0.25) is 5.91 Å². The molecule has 0 saturated heterocycles. The number of amides is 3. The average molecular weight is 464 g/mol. The highest BCUT2D eigenvalue weighted by Gasteiger charge is 2.25. The van der Waals surface area contributed by atoms with Gasteiger partial charge in [0.15, 0.2) is 0 Å².